The van der Waals surface area contributed by atoms with E-state index in [0.29, 0.717) is 6.04 Å². The maximum Gasteiger partial charge on any atom is 0.322 e. The van der Waals surface area contributed by atoms with Crippen LogP contribution in [0.15, 0.2) is 0 Å². The molecule has 1 N–H and O–H groups in total. The molecule has 1 unspecified atom stereocenters. The fourth-order valence-corrected chi connectivity index (χ4v) is 2.19. The highest BCUT2D eigenvalue weighted by Crippen LogP contribution is 2.08. The second-order valence-electron chi connectivity index (χ2n) is 4.77. The quantitative estimate of drug-likeness (QED) is 0.609. The van der Waals surface area contributed by atoms with Crippen LogP contribution in [0.5, 0.6) is 0 Å². The molecule has 0 fully saturated rings. The summed E-state index contributed by atoms with van der Waals surface area (Å²) in [6.07, 6.45) is 4.13. The minimum absolute atomic E-state index is 0.151. The number of hydrogen-bond acceptors (Lipinski definition) is 4. The largest absolute Gasteiger partial charge is 0.468 e. The molecule has 0 amide bonds. The third-order valence-electron chi connectivity index (χ3n) is 3.46. The summed E-state index contributed by atoms with van der Waals surface area (Å²) in [6, 6.07) is 0.432. The molecule has 0 aliphatic heterocycles. The fourth-order valence-electron chi connectivity index (χ4n) is 2.19. The Hall–Kier alpha value is -0.610. The molecule has 0 aromatic rings. The zero-order valence-corrected chi connectivity index (χ0v) is 12.7. The summed E-state index contributed by atoms with van der Waals surface area (Å²) in [5, 5.41) is 3.25. The summed E-state index contributed by atoms with van der Waals surface area (Å²) in [5.74, 6) is -0.151. The van der Waals surface area contributed by atoms with Gasteiger partial charge in [-0.05, 0) is 39.3 Å². The number of hydrogen-bond donors (Lipinski definition) is 1. The lowest BCUT2D eigenvalue weighted by Gasteiger charge is -2.27. The molecule has 1 atom stereocenters. The first-order chi connectivity index (χ1) is 8.60. The Bertz CT molecular complexity index is 218. The molecule has 0 bridgehead atoms. The molecule has 0 aromatic carbocycles. The van der Waals surface area contributed by atoms with Gasteiger partial charge in [0.2, 0.25) is 0 Å². The molecule has 0 aliphatic carbocycles. The topological polar surface area (TPSA) is 41.6 Å². The molecule has 0 heterocycles. The second-order valence-corrected chi connectivity index (χ2v) is 4.77. The highest BCUT2D eigenvalue weighted by molar-refractivity contribution is 5.75. The molecule has 0 saturated carbocycles. The van der Waals surface area contributed by atoms with Crippen LogP contribution in [0.25, 0.3) is 0 Å². The molecular weight excluding hydrogens is 228 g/mol. The van der Waals surface area contributed by atoms with E-state index in [0.717, 1.165) is 38.8 Å². The van der Waals surface area contributed by atoms with Gasteiger partial charge in [-0.1, -0.05) is 20.8 Å². The molecule has 0 radical (unpaired) electrons. The molecule has 4 heteroatoms. The van der Waals surface area contributed by atoms with E-state index in [9.17, 15) is 4.79 Å². The molecular formula is C14H30N2O2. The Morgan fingerprint density at radius 1 is 1.28 bits per heavy atom. The van der Waals surface area contributed by atoms with Crippen LogP contribution in [0.2, 0.25) is 0 Å². The highest BCUT2D eigenvalue weighted by atomic mass is 16.5. The van der Waals surface area contributed by atoms with Crippen molar-refractivity contribution in [2.45, 2.75) is 58.5 Å². The number of esters is 1. The monoisotopic (exact) mass is 258 g/mol. The summed E-state index contributed by atoms with van der Waals surface area (Å²) in [7, 11) is 3.58. The van der Waals surface area contributed by atoms with E-state index >= 15 is 0 Å². The van der Waals surface area contributed by atoms with Gasteiger partial charge in [0.05, 0.1) is 7.11 Å². The average Bonchev–Trinajstić information content (AvgIpc) is 2.39. The summed E-state index contributed by atoms with van der Waals surface area (Å²) in [4.78, 5) is 14.0. The Morgan fingerprint density at radius 2 is 1.89 bits per heavy atom. The van der Waals surface area contributed by atoms with Gasteiger partial charge in [0.25, 0.3) is 0 Å². The van der Waals surface area contributed by atoms with Crippen LogP contribution < -0.4 is 5.32 Å². The van der Waals surface area contributed by atoms with Gasteiger partial charge in [-0.2, -0.15) is 0 Å². The summed E-state index contributed by atoms with van der Waals surface area (Å²) in [6.45, 7) is 8.28. The number of carbonyl (C=O) groups is 1. The van der Waals surface area contributed by atoms with Crippen LogP contribution in [-0.4, -0.2) is 50.2 Å². The van der Waals surface area contributed by atoms with E-state index in [1.807, 2.05) is 0 Å². The fraction of sp³-hybridized carbons (Fsp3) is 0.929. The van der Waals surface area contributed by atoms with Crippen molar-refractivity contribution in [2.24, 2.45) is 0 Å². The van der Waals surface area contributed by atoms with E-state index < -0.39 is 0 Å². The number of carbonyl (C=O) groups excluding carboxylic acids is 1. The summed E-state index contributed by atoms with van der Waals surface area (Å²) < 4.78 is 4.83. The van der Waals surface area contributed by atoms with Gasteiger partial charge in [-0.3, -0.25) is 4.79 Å². The van der Waals surface area contributed by atoms with Gasteiger partial charge >= 0.3 is 5.97 Å². The van der Waals surface area contributed by atoms with Gasteiger partial charge in [0, 0.05) is 12.6 Å². The van der Waals surface area contributed by atoms with Gasteiger partial charge in [-0.25, -0.2) is 0 Å². The third-order valence-corrected chi connectivity index (χ3v) is 3.46. The van der Waals surface area contributed by atoms with Crippen LogP contribution in [0.4, 0.5) is 0 Å². The minimum atomic E-state index is -0.174. The lowest BCUT2D eigenvalue weighted by molar-refractivity contribution is -0.143. The molecule has 18 heavy (non-hydrogen) atoms. The van der Waals surface area contributed by atoms with Crippen molar-refractivity contribution < 1.29 is 9.53 Å². The number of ether oxygens (including phenoxy) is 1. The maximum absolute atomic E-state index is 11.6. The van der Waals surface area contributed by atoms with E-state index in [1.165, 1.54) is 7.11 Å². The molecule has 0 aliphatic rings. The molecule has 0 aromatic heterocycles. The average molecular weight is 258 g/mol. The van der Waals surface area contributed by atoms with Crippen molar-refractivity contribution in [2.75, 3.05) is 27.2 Å². The summed E-state index contributed by atoms with van der Waals surface area (Å²) in [5.41, 5.74) is 0. The normalized spacial score (nSPS) is 13.1. The lowest BCUT2D eigenvalue weighted by Crippen LogP contribution is -2.42. The second kappa shape index (κ2) is 10.3. The van der Waals surface area contributed by atoms with Crippen LogP contribution in [0.1, 0.15) is 46.5 Å². The first-order valence-electron chi connectivity index (χ1n) is 7.12. The van der Waals surface area contributed by atoms with E-state index in [-0.39, 0.29) is 12.0 Å². The highest BCUT2D eigenvalue weighted by Gasteiger charge is 2.19. The van der Waals surface area contributed by atoms with Gasteiger partial charge in [-0.15, -0.1) is 0 Å². The van der Waals surface area contributed by atoms with Gasteiger partial charge in [0.15, 0.2) is 0 Å². The van der Waals surface area contributed by atoms with Crippen LogP contribution >= 0.6 is 0 Å². The lowest BCUT2D eigenvalue weighted by atomic mass is 10.1. The SMILES string of the molecule is CCCNC(CCN(C)C(CC)CC)C(=O)OC. The van der Waals surface area contributed by atoms with Crippen LogP contribution in [-0.2, 0) is 9.53 Å². The standard InChI is InChI=1S/C14H30N2O2/c1-6-10-15-13(14(17)18-5)9-11-16(4)12(7-2)8-3/h12-13,15H,6-11H2,1-5H3. The molecule has 108 valence electrons. The Kier molecular flexibility index (Phi) is 9.98. The zero-order valence-electron chi connectivity index (χ0n) is 12.7. The molecule has 4 nitrogen and oxygen atoms in total. The van der Waals surface area contributed by atoms with Crippen LogP contribution in [0, 0.1) is 0 Å². The zero-order chi connectivity index (χ0) is 14.0. The predicted octanol–water partition coefficient (Wildman–Crippen LogP) is 2.04. The number of nitrogens with zero attached hydrogens (tertiary/aromatic N) is 1. The Balaban J connectivity index is 4.19. The van der Waals surface area contributed by atoms with E-state index in [1.54, 1.807) is 0 Å². The third kappa shape index (κ3) is 6.36. The number of methoxy groups -OCH3 is 1. The number of nitrogens with one attached hydrogen (secondary N) is 1. The minimum Gasteiger partial charge on any atom is -0.468 e. The maximum atomic E-state index is 11.6. The Morgan fingerprint density at radius 3 is 2.33 bits per heavy atom. The molecule has 0 rings (SSSR count). The molecule has 0 spiro atoms. The first kappa shape index (κ1) is 17.4. The van der Waals surface area contributed by atoms with Crippen molar-refractivity contribution in [1.82, 2.24) is 10.2 Å². The molecule has 0 saturated heterocycles. The van der Waals surface area contributed by atoms with E-state index in [4.69, 9.17) is 4.74 Å². The van der Waals surface area contributed by atoms with Crippen molar-refractivity contribution in [3.05, 3.63) is 0 Å². The van der Waals surface area contributed by atoms with Crippen molar-refractivity contribution >= 4 is 5.97 Å². The summed E-state index contributed by atoms with van der Waals surface area (Å²) >= 11 is 0. The van der Waals surface area contributed by atoms with Crippen LogP contribution in [0.3, 0.4) is 0 Å². The van der Waals surface area contributed by atoms with Crippen molar-refractivity contribution in [3.63, 3.8) is 0 Å². The smallest absolute Gasteiger partial charge is 0.322 e. The van der Waals surface area contributed by atoms with Crippen molar-refractivity contribution in [3.8, 4) is 0 Å². The first-order valence-corrected chi connectivity index (χ1v) is 7.12. The van der Waals surface area contributed by atoms with Gasteiger partial charge < -0.3 is 15.0 Å². The van der Waals surface area contributed by atoms with Crippen molar-refractivity contribution in [1.29, 1.82) is 0 Å². The van der Waals surface area contributed by atoms with Gasteiger partial charge in [0.1, 0.15) is 6.04 Å². The number of rotatable bonds is 10. The van der Waals surface area contributed by atoms with E-state index in [2.05, 4.69) is 38.0 Å². The Labute approximate surface area is 112 Å². The predicted molar refractivity (Wildman–Crippen MR) is 75.7 cm³/mol.